The summed E-state index contributed by atoms with van der Waals surface area (Å²) in [4.78, 5) is 13.7. The van der Waals surface area contributed by atoms with E-state index < -0.39 is 0 Å². The van der Waals surface area contributed by atoms with Crippen LogP contribution in [0.1, 0.15) is 45.4 Å². The van der Waals surface area contributed by atoms with E-state index >= 15 is 0 Å². The predicted molar refractivity (Wildman–Crippen MR) is 73.4 cm³/mol. The average Bonchev–Trinajstić information content (AvgIpc) is 2.32. The van der Waals surface area contributed by atoms with Crippen LogP contribution in [0.4, 0.5) is 0 Å². The van der Waals surface area contributed by atoms with Gasteiger partial charge >= 0.3 is 0 Å². The lowest BCUT2D eigenvalue weighted by molar-refractivity contribution is -0.122. The topological polar surface area (TPSA) is 52.6 Å². The number of hydrogen-bond acceptors (Lipinski definition) is 3. The average molecular weight is 256 g/mol. The Morgan fingerprint density at radius 3 is 2.78 bits per heavy atom. The Labute approximate surface area is 111 Å². The molecular weight excluding hydrogens is 228 g/mol. The van der Waals surface area contributed by atoms with Crippen LogP contribution in [0.3, 0.4) is 0 Å². The second-order valence-corrected chi connectivity index (χ2v) is 5.51. The normalized spacial score (nSPS) is 24.2. The first-order valence-corrected chi connectivity index (χ1v) is 7.26. The molecule has 0 saturated heterocycles. The number of aliphatic hydroxyl groups excluding tert-OH is 1. The van der Waals surface area contributed by atoms with Crippen molar-refractivity contribution in [2.45, 2.75) is 51.6 Å². The van der Waals surface area contributed by atoms with Crippen molar-refractivity contribution in [2.75, 3.05) is 26.7 Å². The third kappa shape index (κ3) is 5.83. The SMILES string of the molecule is CCCCNC(=O)CN(C)CC1CCCCC1O. The molecule has 0 aromatic heterocycles. The van der Waals surface area contributed by atoms with Crippen LogP contribution in [0.5, 0.6) is 0 Å². The van der Waals surface area contributed by atoms with Crippen LogP contribution in [-0.2, 0) is 4.79 Å². The highest BCUT2D eigenvalue weighted by Crippen LogP contribution is 2.24. The van der Waals surface area contributed by atoms with Crippen LogP contribution in [0.2, 0.25) is 0 Å². The molecule has 0 bridgehead atoms. The molecule has 0 radical (unpaired) electrons. The van der Waals surface area contributed by atoms with Crippen molar-refractivity contribution in [1.82, 2.24) is 10.2 Å². The Kier molecular flexibility index (Phi) is 7.28. The molecule has 2 unspecified atom stereocenters. The van der Waals surface area contributed by atoms with Crippen molar-refractivity contribution in [3.63, 3.8) is 0 Å². The van der Waals surface area contributed by atoms with E-state index in [1.165, 1.54) is 6.42 Å². The standard InChI is InChI=1S/C14H28N2O2/c1-3-4-9-15-14(18)11-16(2)10-12-7-5-6-8-13(12)17/h12-13,17H,3-11H2,1-2H3,(H,15,18). The van der Waals surface area contributed by atoms with Crippen LogP contribution in [0.25, 0.3) is 0 Å². The smallest absolute Gasteiger partial charge is 0.234 e. The number of carbonyl (C=O) groups is 1. The Morgan fingerprint density at radius 1 is 1.39 bits per heavy atom. The van der Waals surface area contributed by atoms with Crippen molar-refractivity contribution in [2.24, 2.45) is 5.92 Å². The molecule has 2 N–H and O–H groups in total. The lowest BCUT2D eigenvalue weighted by atomic mass is 9.86. The molecule has 106 valence electrons. The van der Waals surface area contributed by atoms with Gasteiger partial charge in [-0.1, -0.05) is 26.2 Å². The second kappa shape index (κ2) is 8.48. The third-order valence-electron chi connectivity index (χ3n) is 3.68. The van der Waals surface area contributed by atoms with Gasteiger partial charge in [0.1, 0.15) is 0 Å². The maximum absolute atomic E-state index is 11.6. The molecule has 0 aromatic rings. The Bertz CT molecular complexity index is 246. The molecule has 1 fully saturated rings. The largest absolute Gasteiger partial charge is 0.393 e. The van der Waals surface area contributed by atoms with Crippen LogP contribution in [-0.4, -0.2) is 48.7 Å². The molecule has 18 heavy (non-hydrogen) atoms. The number of rotatable bonds is 7. The predicted octanol–water partition coefficient (Wildman–Crippen LogP) is 1.39. The molecule has 0 aliphatic heterocycles. The fraction of sp³-hybridized carbons (Fsp3) is 0.929. The lowest BCUT2D eigenvalue weighted by Gasteiger charge is -2.30. The molecule has 4 nitrogen and oxygen atoms in total. The van der Waals surface area contributed by atoms with Gasteiger partial charge in [0.25, 0.3) is 0 Å². The van der Waals surface area contributed by atoms with E-state index in [0.29, 0.717) is 12.5 Å². The van der Waals surface area contributed by atoms with Gasteiger partial charge in [0.05, 0.1) is 12.6 Å². The van der Waals surface area contributed by atoms with Gasteiger partial charge in [-0.05, 0) is 32.2 Å². The zero-order valence-electron chi connectivity index (χ0n) is 11.8. The maximum atomic E-state index is 11.6. The summed E-state index contributed by atoms with van der Waals surface area (Å²) in [6.07, 6.45) is 6.31. The van der Waals surface area contributed by atoms with Crippen molar-refractivity contribution in [3.8, 4) is 0 Å². The molecular formula is C14H28N2O2. The summed E-state index contributed by atoms with van der Waals surface area (Å²) in [5.41, 5.74) is 0. The third-order valence-corrected chi connectivity index (χ3v) is 3.68. The van der Waals surface area contributed by atoms with Gasteiger partial charge in [0.2, 0.25) is 5.91 Å². The van der Waals surface area contributed by atoms with E-state index in [-0.39, 0.29) is 12.0 Å². The van der Waals surface area contributed by atoms with Gasteiger partial charge in [-0.2, -0.15) is 0 Å². The monoisotopic (exact) mass is 256 g/mol. The molecule has 1 saturated carbocycles. The van der Waals surface area contributed by atoms with Gasteiger partial charge in [-0.3, -0.25) is 9.69 Å². The fourth-order valence-corrected chi connectivity index (χ4v) is 2.57. The first-order chi connectivity index (χ1) is 8.63. The van der Waals surface area contributed by atoms with E-state index in [2.05, 4.69) is 12.2 Å². The van der Waals surface area contributed by atoms with Crippen LogP contribution < -0.4 is 5.32 Å². The number of amides is 1. The molecule has 0 aromatic carbocycles. The zero-order valence-corrected chi connectivity index (χ0v) is 11.8. The fourth-order valence-electron chi connectivity index (χ4n) is 2.57. The van der Waals surface area contributed by atoms with E-state index in [1.54, 1.807) is 0 Å². The highest BCUT2D eigenvalue weighted by Gasteiger charge is 2.24. The van der Waals surface area contributed by atoms with Crippen LogP contribution in [0, 0.1) is 5.92 Å². The minimum absolute atomic E-state index is 0.0937. The van der Waals surface area contributed by atoms with Gasteiger partial charge in [-0.15, -0.1) is 0 Å². The molecule has 2 atom stereocenters. The van der Waals surface area contributed by atoms with Crippen LogP contribution >= 0.6 is 0 Å². The van der Waals surface area contributed by atoms with Gasteiger partial charge in [0, 0.05) is 13.1 Å². The molecule has 1 amide bonds. The summed E-state index contributed by atoms with van der Waals surface area (Å²) in [6.45, 7) is 4.15. The van der Waals surface area contributed by atoms with E-state index in [4.69, 9.17) is 0 Å². The lowest BCUT2D eigenvalue weighted by Crippen LogP contribution is -2.40. The van der Waals surface area contributed by atoms with Crippen molar-refractivity contribution >= 4 is 5.91 Å². The number of carbonyl (C=O) groups excluding carboxylic acids is 1. The quantitative estimate of drug-likeness (QED) is 0.677. The van der Waals surface area contributed by atoms with Gasteiger partial charge < -0.3 is 10.4 Å². The highest BCUT2D eigenvalue weighted by molar-refractivity contribution is 5.77. The summed E-state index contributed by atoms with van der Waals surface area (Å²) in [7, 11) is 1.96. The number of unbranched alkanes of at least 4 members (excludes halogenated alkanes) is 1. The summed E-state index contributed by atoms with van der Waals surface area (Å²) in [5, 5.41) is 12.8. The van der Waals surface area contributed by atoms with Crippen molar-refractivity contribution < 1.29 is 9.90 Å². The number of aliphatic hydroxyl groups is 1. The Balaban J connectivity index is 2.19. The molecule has 1 aliphatic rings. The summed E-state index contributed by atoms with van der Waals surface area (Å²) >= 11 is 0. The van der Waals surface area contributed by atoms with Gasteiger partial charge in [-0.25, -0.2) is 0 Å². The Hall–Kier alpha value is -0.610. The minimum Gasteiger partial charge on any atom is -0.393 e. The van der Waals surface area contributed by atoms with Crippen molar-refractivity contribution in [3.05, 3.63) is 0 Å². The molecule has 4 heteroatoms. The van der Waals surface area contributed by atoms with Crippen molar-refractivity contribution in [1.29, 1.82) is 0 Å². The maximum Gasteiger partial charge on any atom is 0.234 e. The first kappa shape index (κ1) is 15.4. The zero-order chi connectivity index (χ0) is 13.4. The second-order valence-electron chi connectivity index (χ2n) is 5.51. The number of nitrogens with zero attached hydrogens (tertiary/aromatic N) is 1. The number of nitrogens with one attached hydrogen (secondary N) is 1. The molecule has 0 heterocycles. The molecule has 1 rings (SSSR count). The summed E-state index contributed by atoms with van der Waals surface area (Å²) < 4.78 is 0. The van der Waals surface area contributed by atoms with Crippen LogP contribution in [0.15, 0.2) is 0 Å². The van der Waals surface area contributed by atoms with E-state index in [0.717, 1.165) is 45.2 Å². The molecule has 1 aliphatic carbocycles. The number of likely N-dealkylation sites (N-methyl/N-ethyl adjacent to an activating group) is 1. The number of hydrogen-bond donors (Lipinski definition) is 2. The molecule has 0 spiro atoms. The van der Waals surface area contributed by atoms with E-state index in [1.807, 2.05) is 11.9 Å². The minimum atomic E-state index is -0.177. The first-order valence-electron chi connectivity index (χ1n) is 7.26. The van der Waals surface area contributed by atoms with E-state index in [9.17, 15) is 9.90 Å². The Morgan fingerprint density at radius 2 is 2.11 bits per heavy atom. The summed E-state index contributed by atoms with van der Waals surface area (Å²) in [6, 6.07) is 0. The highest BCUT2D eigenvalue weighted by atomic mass is 16.3. The van der Waals surface area contributed by atoms with Gasteiger partial charge in [0.15, 0.2) is 0 Å². The summed E-state index contributed by atoms with van der Waals surface area (Å²) in [5.74, 6) is 0.434.